The maximum absolute atomic E-state index is 11.1. The highest BCUT2D eigenvalue weighted by atomic mass is 16.5. The summed E-state index contributed by atoms with van der Waals surface area (Å²) in [6.07, 6.45) is 4.52. The van der Waals surface area contributed by atoms with Crippen molar-refractivity contribution in [2.75, 3.05) is 20.8 Å². The summed E-state index contributed by atoms with van der Waals surface area (Å²) in [6, 6.07) is 6.67. The van der Waals surface area contributed by atoms with Crippen LogP contribution in [0.2, 0.25) is 0 Å². The van der Waals surface area contributed by atoms with E-state index in [2.05, 4.69) is 16.1 Å². The van der Waals surface area contributed by atoms with Crippen LogP contribution in [0.5, 0.6) is 5.75 Å². The number of ether oxygens (including phenoxy) is 2. The lowest BCUT2D eigenvalue weighted by Crippen LogP contribution is -2.22. The molecular weight excluding hydrogens is 254 g/mol. The van der Waals surface area contributed by atoms with Crippen LogP contribution >= 0.6 is 0 Å². The van der Waals surface area contributed by atoms with E-state index in [-0.39, 0.29) is 5.97 Å². The Labute approximate surface area is 120 Å². The molecule has 0 amide bonds. The van der Waals surface area contributed by atoms with Crippen molar-refractivity contribution < 1.29 is 14.3 Å². The third-order valence-electron chi connectivity index (χ3n) is 3.82. The Morgan fingerprint density at radius 1 is 1.45 bits per heavy atom. The number of carbonyl (C=O) groups excluding carboxylic acids is 1. The Kier molecular flexibility index (Phi) is 5.41. The summed E-state index contributed by atoms with van der Waals surface area (Å²) < 4.78 is 10.5. The second-order valence-electron chi connectivity index (χ2n) is 5.09. The van der Waals surface area contributed by atoms with Gasteiger partial charge >= 0.3 is 5.97 Å². The van der Waals surface area contributed by atoms with Crippen molar-refractivity contribution in [2.24, 2.45) is 0 Å². The maximum Gasteiger partial charge on any atom is 0.305 e. The molecule has 0 saturated heterocycles. The monoisotopic (exact) mass is 277 g/mol. The predicted octanol–water partition coefficient (Wildman–Crippen LogP) is 2.62. The number of carbonyl (C=O) groups is 1. The van der Waals surface area contributed by atoms with Crippen LogP contribution in [0.15, 0.2) is 18.2 Å². The van der Waals surface area contributed by atoms with Crippen LogP contribution in [0.4, 0.5) is 0 Å². The minimum Gasteiger partial charge on any atom is -0.493 e. The van der Waals surface area contributed by atoms with Gasteiger partial charge in [-0.2, -0.15) is 0 Å². The zero-order valence-corrected chi connectivity index (χ0v) is 12.3. The van der Waals surface area contributed by atoms with Crippen molar-refractivity contribution in [2.45, 2.75) is 38.1 Å². The molecule has 20 heavy (non-hydrogen) atoms. The molecule has 4 nitrogen and oxygen atoms in total. The van der Waals surface area contributed by atoms with Gasteiger partial charge in [0.1, 0.15) is 5.75 Å². The Bertz CT molecular complexity index is 459. The lowest BCUT2D eigenvalue weighted by Gasteiger charge is -2.26. The zero-order valence-electron chi connectivity index (χ0n) is 12.3. The summed E-state index contributed by atoms with van der Waals surface area (Å²) in [5, 5.41) is 3.36. The van der Waals surface area contributed by atoms with E-state index in [0.717, 1.165) is 12.2 Å². The van der Waals surface area contributed by atoms with E-state index in [1.165, 1.54) is 31.1 Å². The topological polar surface area (TPSA) is 47.6 Å². The molecule has 0 radical (unpaired) electrons. The molecule has 1 aliphatic rings. The van der Waals surface area contributed by atoms with Crippen LogP contribution in [-0.2, 0) is 16.0 Å². The average Bonchev–Trinajstić information content (AvgIpc) is 2.50. The first-order valence-corrected chi connectivity index (χ1v) is 7.25. The van der Waals surface area contributed by atoms with Crippen LogP contribution in [-0.4, -0.2) is 26.7 Å². The van der Waals surface area contributed by atoms with Gasteiger partial charge in [0.05, 0.1) is 13.7 Å². The number of esters is 1. The van der Waals surface area contributed by atoms with Gasteiger partial charge in [0.15, 0.2) is 0 Å². The van der Waals surface area contributed by atoms with Crippen LogP contribution < -0.4 is 10.1 Å². The van der Waals surface area contributed by atoms with Gasteiger partial charge in [-0.05, 0) is 49.9 Å². The highest BCUT2D eigenvalue weighted by Crippen LogP contribution is 2.35. The molecule has 1 aromatic rings. The molecule has 1 atom stereocenters. The predicted molar refractivity (Wildman–Crippen MR) is 77.9 cm³/mol. The largest absolute Gasteiger partial charge is 0.493 e. The highest BCUT2D eigenvalue weighted by molar-refractivity contribution is 5.69. The van der Waals surface area contributed by atoms with Gasteiger partial charge in [0, 0.05) is 12.5 Å². The quantitative estimate of drug-likeness (QED) is 0.641. The van der Waals surface area contributed by atoms with Crippen molar-refractivity contribution >= 4 is 5.97 Å². The lowest BCUT2D eigenvalue weighted by molar-refractivity contribution is -0.140. The van der Waals surface area contributed by atoms with E-state index in [9.17, 15) is 4.79 Å². The molecule has 110 valence electrons. The van der Waals surface area contributed by atoms with Gasteiger partial charge in [-0.25, -0.2) is 0 Å². The molecule has 0 bridgehead atoms. The van der Waals surface area contributed by atoms with Gasteiger partial charge in [0.25, 0.3) is 0 Å². The highest BCUT2D eigenvalue weighted by Gasteiger charge is 2.21. The Balaban J connectivity index is 1.97. The summed E-state index contributed by atoms with van der Waals surface area (Å²) in [4.78, 5) is 11.1. The number of rotatable bonds is 6. The fourth-order valence-electron chi connectivity index (χ4n) is 2.75. The normalized spacial score (nSPS) is 17.4. The lowest BCUT2D eigenvalue weighted by atomic mass is 9.87. The smallest absolute Gasteiger partial charge is 0.305 e. The fraction of sp³-hybridized carbons (Fsp3) is 0.562. The average molecular weight is 277 g/mol. The second kappa shape index (κ2) is 7.29. The Morgan fingerprint density at radius 2 is 2.30 bits per heavy atom. The molecule has 2 rings (SSSR count). The molecule has 0 spiro atoms. The number of fused-ring (bicyclic) bond motifs is 1. The summed E-state index contributed by atoms with van der Waals surface area (Å²) in [6.45, 7) is 0.551. The summed E-state index contributed by atoms with van der Waals surface area (Å²) in [5.74, 6) is 0.784. The number of methoxy groups -OCH3 is 1. The summed E-state index contributed by atoms with van der Waals surface area (Å²) in [7, 11) is 3.41. The first kappa shape index (κ1) is 14.9. The molecule has 1 N–H and O–H groups in total. The van der Waals surface area contributed by atoms with Crippen molar-refractivity contribution in [1.82, 2.24) is 5.32 Å². The Hall–Kier alpha value is -1.55. The van der Waals surface area contributed by atoms with Crippen LogP contribution in [0.3, 0.4) is 0 Å². The van der Waals surface area contributed by atoms with E-state index in [1.54, 1.807) is 0 Å². The SMILES string of the molecule is CNC1CCCc2c(OCCCC(=O)OC)cccc21. The first-order valence-electron chi connectivity index (χ1n) is 7.25. The molecule has 4 heteroatoms. The maximum atomic E-state index is 11.1. The van der Waals surface area contributed by atoms with Gasteiger partial charge in [0.2, 0.25) is 0 Å². The van der Waals surface area contributed by atoms with Gasteiger partial charge in [-0.3, -0.25) is 4.79 Å². The van der Waals surface area contributed by atoms with E-state index in [1.807, 2.05) is 19.2 Å². The molecule has 0 fully saturated rings. The first-order chi connectivity index (χ1) is 9.76. The molecule has 0 heterocycles. The molecule has 0 aromatic heterocycles. The molecule has 1 aliphatic carbocycles. The second-order valence-corrected chi connectivity index (χ2v) is 5.09. The van der Waals surface area contributed by atoms with Gasteiger partial charge < -0.3 is 14.8 Å². The van der Waals surface area contributed by atoms with E-state index >= 15 is 0 Å². The van der Waals surface area contributed by atoms with Gasteiger partial charge in [-0.1, -0.05) is 12.1 Å². The number of hydrogen-bond acceptors (Lipinski definition) is 4. The number of nitrogens with one attached hydrogen (secondary N) is 1. The molecule has 1 aromatic carbocycles. The molecule has 0 saturated carbocycles. The minimum atomic E-state index is -0.182. The summed E-state index contributed by atoms with van der Waals surface area (Å²) >= 11 is 0. The third kappa shape index (κ3) is 3.51. The van der Waals surface area contributed by atoms with Crippen LogP contribution in [0, 0.1) is 0 Å². The third-order valence-corrected chi connectivity index (χ3v) is 3.82. The van der Waals surface area contributed by atoms with E-state index in [4.69, 9.17) is 4.74 Å². The van der Waals surface area contributed by atoms with Gasteiger partial charge in [-0.15, -0.1) is 0 Å². The van der Waals surface area contributed by atoms with Crippen molar-refractivity contribution in [3.05, 3.63) is 29.3 Å². The molecular formula is C16H23NO3. The molecule has 1 unspecified atom stereocenters. The number of benzene rings is 1. The van der Waals surface area contributed by atoms with Crippen molar-refractivity contribution in [3.63, 3.8) is 0 Å². The fourth-order valence-corrected chi connectivity index (χ4v) is 2.75. The van der Waals surface area contributed by atoms with Crippen LogP contribution in [0.25, 0.3) is 0 Å². The number of hydrogen-bond donors (Lipinski definition) is 1. The van der Waals surface area contributed by atoms with Crippen molar-refractivity contribution in [1.29, 1.82) is 0 Å². The molecule has 0 aliphatic heterocycles. The van der Waals surface area contributed by atoms with E-state index in [0.29, 0.717) is 25.5 Å². The van der Waals surface area contributed by atoms with Crippen LogP contribution in [0.1, 0.15) is 42.9 Å². The van der Waals surface area contributed by atoms with E-state index < -0.39 is 0 Å². The Morgan fingerprint density at radius 3 is 3.05 bits per heavy atom. The summed E-state index contributed by atoms with van der Waals surface area (Å²) in [5.41, 5.74) is 2.67. The minimum absolute atomic E-state index is 0.182. The standard InChI is InChI=1S/C16H23NO3/c1-17-14-8-3-7-13-12(14)6-4-9-15(13)20-11-5-10-16(18)19-2/h4,6,9,14,17H,3,5,7-8,10-11H2,1-2H3. The van der Waals surface area contributed by atoms with Crippen molar-refractivity contribution in [3.8, 4) is 5.75 Å². The zero-order chi connectivity index (χ0) is 14.4.